The maximum absolute atomic E-state index is 14.4. The van der Waals surface area contributed by atoms with E-state index < -0.39 is 10.0 Å². The number of benzene rings is 1. The van der Waals surface area contributed by atoms with E-state index in [1.165, 1.54) is 12.1 Å². The van der Waals surface area contributed by atoms with Crippen molar-refractivity contribution in [3.63, 3.8) is 0 Å². The Morgan fingerprint density at radius 3 is 2.72 bits per heavy atom. The van der Waals surface area contributed by atoms with Crippen LogP contribution in [0.4, 0.5) is 4.39 Å². The molecule has 4 aromatic rings. The van der Waals surface area contributed by atoms with Gasteiger partial charge in [0.05, 0.1) is 17.6 Å². The Morgan fingerprint density at radius 1 is 1.17 bits per heavy atom. The number of hydrogen-bond acceptors (Lipinski definition) is 5. The first kappa shape index (κ1) is 19.4. The van der Waals surface area contributed by atoms with E-state index in [9.17, 15) is 12.8 Å². The normalized spacial score (nSPS) is 11.7. The topological polar surface area (TPSA) is 102 Å². The second-order valence-electron chi connectivity index (χ2n) is 6.57. The molecule has 6 nitrogen and oxygen atoms in total. The minimum absolute atomic E-state index is 0.0618. The number of primary sulfonamides is 1. The number of H-pyrrole nitrogens is 1. The average molecular weight is 429 g/mol. The zero-order chi connectivity index (χ0) is 20.6. The van der Waals surface area contributed by atoms with E-state index >= 15 is 0 Å². The van der Waals surface area contributed by atoms with E-state index in [-0.39, 0.29) is 16.4 Å². The largest absolute Gasteiger partial charge is 0.276 e. The Bertz CT molecular complexity index is 1300. The monoisotopic (exact) mass is 428 g/mol. The second kappa shape index (κ2) is 7.51. The molecule has 29 heavy (non-hydrogen) atoms. The van der Waals surface area contributed by atoms with Crippen molar-refractivity contribution in [3.05, 3.63) is 76.7 Å². The van der Waals surface area contributed by atoms with Gasteiger partial charge in [0.1, 0.15) is 10.0 Å². The van der Waals surface area contributed by atoms with Gasteiger partial charge in [0.2, 0.25) is 10.0 Å². The summed E-state index contributed by atoms with van der Waals surface area (Å²) in [6, 6.07) is 13.6. The average Bonchev–Trinajstić information content (AvgIpc) is 3.33. The van der Waals surface area contributed by atoms with E-state index in [1.807, 2.05) is 25.1 Å². The van der Waals surface area contributed by atoms with Crippen molar-refractivity contribution in [2.45, 2.75) is 17.6 Å². The summed E-state index contributed by atoms with van der Waals surface area (Å²) in [5, 5.41) is 12.3. The van der Waals surface area contributed by atoms with Crippen LogP contribution in [-0.2, 0) is 16.4 Å². The summed E-state index contributed by atoms with van der Waals surface area (Å²) in [4.78, 5) is 5.23. The molecule has 0 fully saturated rings. The molecule has 9 heteroatoms. The lowest BCUT2D eigenvalue weighted by Crippen LogP contribution is -2.09. The molecule has 3 heterocycles. The van der Waals surface area contributed by atoms with E-state index in [1.54, 1.807) is 24.4 Å². The molecular formula is C20H17FN4O2S2. The van der Waals surface area contributed by atoms with Crippen molar-refractivity contribution in [1.29, 1.82) is 0 Å². The van der Waals surface area contributed by atoms with Crippen molar-refractivity contribution in [2.75, 3.05) is 0 Å². The number of halogens is 1. The predicted molar refractivity (Wildman–Crippen MR) is 110 cm³/mol. The van der Waals surface area contributed by atoms with Gasteiger partial charge in [-0.3, -0.25) is 10.1 Å². The van der Waals surface area contributed by atoms with Gasteiger partial charge < -0.3 is 0 Å². The van der Waals surface area contributed by atoms with Gasteiger partial charge >= 0.3 is 0 Å². The predicted octanol–water partition coefficient (Wildman–Crippen LogP) is 3.89. The van der Waals surface area contributed by atoms with Crippen molar-refractivity contribution in [1.82, 2.24) is 15.2 Å². The number of hydrogen-bond donors (Lipinski definition) is 2. The molecule has 0 aliphatic rings. The lowest BCUT2D eigenvalue weighted by atomic mass is 10.00. The minimum atomic E-state index is -3.76. The van der Waals surface area contributed by atoms with E-state index in [0.717, 1.165) is 39.5 Å². The van der Waals surface area contributed by atoms with Crippen LogP contribution in [0.25, 0.3) is 22.5 Å². The number of aryl methyl sites for hydroxylation is 1. The van der Waals surface area contributed by atoms with Crippen molar-refractivity contribution < 1.29 is 12.8 Å². The highest BCUT2D eigenvalue weighted by Gasteiger charge is 2.16. The summed E-state index contributed by atoms with van der Waals surface area (Å²) in [6.45, 7) is 1.91. The van der Waals surface area contributed by atoms with Crippen molar-refractivity contribution in [2.24, 2.45) is 5.14 Å². The molecule has 0 radical (unpaired) electrons. The van der Waals surface area contributed by atoms with Gasteiger partial charge in [-0.25, -0.2) is 17.9 Å². The molecule has 3 N–H and O–H groups in total. The zero-order valence-electron chi connectivity index (χ0n) is 15.4. The van der Waals surface area contributed by atoms with Crippen molar-refractivity contribution in [3.8, 4) is 22.5 Å². The standard InChI is InChI=1S/C20H17FN4O2S2/c1-12-3-2-4-18(24-12)20-16(11-23-25-20)13-5-7-17(21)14(9-13)10-15-6-8-19(28-15)29(22,26)27/h2-9,11H,10H2,1H3,(H,23,25)(H2,22,26,27). The summed E-state index contributed by atoms with van der Waals surface area (Å²) < 4.78 is 37.4. The quantitative estimate of drug-likeness (QED) is 0.503. The molecule has 0 amide bonds. The maximum Gasteiger partial charge on any atom is 0.247 e. The highest BCUT2D eigenvalue weighted by molar-refractivity contribution is 7.91. The fourth-order valence-corrected chi connectivity index (χ4v) is 4.86. The third-order valence-corrected chi connectivity index (χ3v) is 6.95. The Labute approximate surface area is 171 Å². The van der Waals surface area contributed by atoms with Crippen LogP contribution in [0.2, 0.25) is 0 Å². The van der Waals surface area contributed by atoms with Crippen LogP contribution in [0.1, 0.15) is 16.1 Å². The van der Waals surface area contributed by atoms with E-state index in [0.29, 0.717) is 10.4 Å². The number of nitrogens with zero attached hydrogens (tertiary/aromatic N) is 2. The molecule has 0 aliphatic heterocycles. The molecule has 3 aromatic heterocycles. The second-order valence-corrected chi connectivity index (χ2v) is 9.53. The number of nitrogens with one attached hydrogen (secondary N) is 1. The Balaban J connectivity index is 1.70. The van der Waals surface area contributed by atoms with Crippen LogP contribution < -0.4 is 5.14 Å². The van der Waals surface area contributed by atoms with Gasteiger partial charge in [-0.05, 0) is 54.4 Å². The summed E-state index contributed by atoms with van der Waals surface area (Å²) in [5.74, 6) is -0.363. The fourth-order valence-electron chi connectivity index (χ4n) is 3.05. The lowest BCUT2D eigenvalue weighted by molar-refractivity contribution is 0.600. The number of aromatic amines is 1. The molecule has 0 spiro atoms. The highest BCUT2D eigenvalue weighted by atomic mass is 32.2. The molecule has 0 saturated heterocycles. The van der Waals surface area contributed by atoms with Crippen molar-refractivity contribution >= 4 is 21.4 Å². The molecule has 0 bridgehead atoms. The number of thiophene rings is 1. The van der Waals surface area contributed by atoms with Gasteiger partial charge in [0.25, 0.3) is 0 Å². The molecule has 148 valence electrons. The fraction of sp³-hybridized carbons (Fsp3) is 0.100. The van der Waals surface area contributed by atoms with Crippen LogP contribution in [0.5, 0.6) is 0 Å². The number of rotatable bonds is 5. The Hall–Kier alpha value is -2.88. The number of pyridine rings is 1. The molecule has 0 aliphatic carbocycles. The number of nitrogens with two attached hydrogens (primary N) is 1. The molecule has 0 saturated carbocycles. The zero-order valence-corrected chi connectivity index (χ0v) is 17.0. The molecule has 0 atom stereocenters. The van der Waals surface area contributed by atoms with E-state index in [2.05, 4.69) is 15.2 Å². The third kappa shape index (κ3) is 4.12. The first-order chi connectivity index (χ1) is 13.8. The molecule has 0 unspecified atom stereocenters. The summed E-state index contributed by atoms with van der Waals surface area (Å²) >= 11 is 1.04. The van der Waals surface area contributed by atoms with Gasteiger partial charge in [0, 0.05) is 22.6 Å². The molecule has 4 rings (SSSR count). The number of aromatic nitrogens is 3. The summed E-state index contributed by atoms with van der Waals surface area (Å²) in [6.07, 6.45) is 1.94. The SMILES string of the molecule is Cc1cccc(-c2[nH]ncc2-c2ccc(F)c(Cc3ccc(S(N)(=O)=O)s3)c2)n1. The van der Waals surface area contributed by atoms with Crippen LogP contribution in [0.3, 0.4) is 0 Å². The Kier molecular flexibility index (Phi) is 5.03. The Morgan fingerprint density at radius 2 is 2.00 bits per heavy atom. The van der Waals surface area contributed by atoms with Gasteiger partial charge in [-0.15, -0.1) is 11.3 Å². The molecule has 1 aromatic carbocycles. The minimum Gasteiger partial charge on any atom is -0.276 e. The lowest BCUT2D eigenvalue weighted by Gasteiger charge is -2.07. The van der Waals surface area contributed by atoms with Crippen LogP contribution in [-0.4, -0.2) is 23.6 Å². The summed E-state index contributed by atoms with van der Waals surface area (Å²) in [5.41, 5.74) is 4.43. The van der Waals surface area contributed by atoms with Gasteiger partial charge in [0.15, 0.2) is 0 Å². The smallest absolute Gasteiger partial charge is 0.247 e. The van der Waals surface area contributed by atoms with Crippen LogP contribution in [0.15, 0.2) is 58.9 Å². The summed E-state index contributed by atoms with van der Waals surface area (Å²) in [7, 11) is -3.76. The maximum atomic E-state index is 14.4. The highest BCUT2D eigenvalue weighted by Crippen LogP contribution is 2.31. The van der Waals surface area contributed by atoms with Crippen LogP contribution in [0, 0.1) is 12.7 Å². The van der Waals surface area contributed by atoms with Gasteiger partial charge in [-0.2, -0.15) is 5.10 Å². The van der Waals surface area contributed by atoms with Crippen LogP contribution >= 0.6 is 11.3 Å². The first-order valence-electron chi connectivity index (χ1n) is 8.69. The van der Waals surface area contributed by atoms with Gasteiger partial charge in [-0.1, -0.05) is 12.1 Å². The van der Waals surface area contributed by atoms with E-state index in [4.69, 9.17) is 5.14 Å². The number of sulfonamides is 1. The third-order valence-electron chi connectivity index (χ3n) is 4.42. The molecular weight excluding hydrogens is 411 g/mol. The first-order valence-corrected chi connectivity index (χ1v) is 11.1.